The molecule has 0 radical (unpaired) electrons. The molecule has 4 rings (SSSR count). The molecular weight excluding hydrogens is 335 g/mol. The predicted molar refractivity (Wildman–Crippen MR) is 96.7 cm³/mol. The SMILES string of the molecule is Cc1ccc(F)c2c1CCCN2CC(=O)NC1CCC2(CC1)OCCO2. The number of carbonyl (C=O) groups is 1. The fourth-order valence-corrected chi connectivity index (χ4v) is 4.52. The van der Waals surface area contributed by atoms with Crippen molar-refractivity contribution in [1.29, 1.82) is 0 Å². The Hall–Kier alpha value is -1.66. The number of halogens is 1. The van der Waals surface area contributed by atoms with Gasteiger partial charge in [-0.2, -0.15) is 0 Å². The van der Waals surface area contributed by atoms with Crippen LogP contribution in [0.1, 0.15) is 43.2 Å². The molecule has 1 saturated heterocycles. The Bertz CT molecular complexity index is 678. The van der Waals surface area contributed by atoms with Crippen LogP contribution in [0.3, 0.4) is 0 Å². The van der Waals surface area contributed by atoms with Crippen LogP contribution in [0.5, 0.6) is 0 Å². The average molecular weight is 362 g/mol. The minimum absolute atomic E-state index is 0.0343. The second-order valence-corrected chi connectivity index (χ2v) is 7.67. The molecule has 1 aromatic rings. The number of amides is 1. The van der Waals surface area contributed by atoms with Crippen LogP contribution in [0.15, 0.2) is 12.1 Å². The molecule has 1 amide bonds. The largest absolute Gasteiger partial charge is 0.360 e. The van der Waals surface area contributed by atoms with Crippen LogP contribution in [0, 0.1) is 12.7 Å². The zero-order valence-electron chi connectivity index (χ0n) is 15.4. The summed E-state index contributed by atoms with van der Waals surface area (Å²) in [5.74, 6) is -0.672. The summed E-state index contributed by atoms with van der Waals surface area (Å²) in [6, 6.07) is 3.47. The second kappa shape index (κ2) is 7.16. The van der Waals surface area contributed by atoms with Crippen LogP contribution in [0.4, 0.5) is 10.1 Å². The quantitative estimate of drug-likeness (QED) is 0.898. The summed E-state index contributed by atoms with van der Waals surface area (Å²) in [7, 11) is 0. The molecule has 1 aromatic carbocycles. The number of ether oxygens (including phenoxy) is 2. The molecule has 0 aromatic heterocycles. The summed E-state index contributed by atoms with van der Waals surface area (Å²) in [6.07, 6.45) is 5.18. The molecule has 1 aliphatic carbocycles. The van der Waals surface area contributed by atoms with E-state index in [0.717, 1.165) is 56.2 Å². The average Bonchev–Trinajstić information content (AvgIpc) is 3.09. The van der Waals surface area contributed by atoms with Gasteiger partial charge >= 0.3 is 0 Å². The van der Waals surface area contributed by atoms with Crippen molar-refractivity contribution in [2.24, 2.45) is 0 Å². The highest BCUT2D eigenvalue weighted by atomic mass is 19.1. The highest BCUT2D eigenvalue weighted by Crippen LogP contribution is 2.36. The highest BCUT2D eigenvalue weighted by Gasteiger charge is 2.40. The summed E-state index contributed by atoms with van der Waals surface area (Å²) < 4.78 is 25.8. The highest BCUT2D eigenvalue weighted by molar-refractivity contribution is 5.82. The minimum atomic E-state index is -0.409. The predicted octanol–water partition coefficient (Wildman–Crippen LogP) is 2.69. The lowest BCUT2D eigenvalue weighted by Crippen LogP contribution is -2.47. The molecule has 2 heterocycles. The molecule has 1 spiro atoms. The van der Waals surface area contributed by atoms with Crippen LogP contribution < -0.4 is 10.2 Å². The van der Waals surface area contributed by atoms with Gasteiger partial charge in [0.1, 0.15) is 5.82 Å². The molecule has 0 atom stereocenters. The van der Waals surface area contributed by atoms with Crippen LogP contribution in [-0.2, 0) is 20.7 Å². The van der Waals surface area contributed by atoms with E-state index in [9.17, 15) is 9.18 Å². The van der Waals surface area contributed by atoms with Crippen LogP contribution in [-0.4, -0.2) is 44.0 Å². The van der Waals surface area contributed by atoms with Gasteiger partial charge in [0.05, 0.1) is 25.4 Å². The fourth-order valence-electron chi connectivity index (χ4n) is 4.52. The Balaban J connectivity index is 1.36. The molecule has 1 saturated carbocycles. The number of nitrogens with zero attached hydrogens (tertiary/aromatic N) is 1. The first-order valence-corrected chi connectivity index (χ1v) is 9.66. The number of fused-ring (bicyclic) bond motifs is 1. The molecular formula is C20H27FN2O3. The molecule has 6 heteroatoms. The van der Waals surface area contributed by atoms with Crippen molar-refractivity contribution in [1.82, 2.24) is 5.32 Å². The first-order chi connectivity index (χ1) is 12.6. The maximum Gasteiger partial charge on any atom is 0.239 e. The lowest BCUT2D eigenvalue weighted by Gasteiger charge is -2.36. The smallest absolute Gasteiger partial charge is 0.239 e. The molecule has 26 heavy (non-hydrogen) atoms. The maximum atomic E-state index is 14.4. The van der Waals surface area contributed by atoms with Gasteiger partial charge in [-0.15, -0.1) is 0 Å². The van der Waals surface area contributed by atoms with Gasteiger partial charge in [-0.25, -0.2) is 4.39 Å². The molecule has 0 unspecified atom stereocenters. The van der Waals surface area contributed by atoms with Crippen LogP contribution in [0.2, 0.25) is 0 Å². The topological polar surface area (TPSA) is 50.8 Å². The zero-order valence-corrected chi connectivity index (χ0v) is 15.4. The van der Waals surface area contributed by atoms with E-state index in [4.69, 9.17) is 9.47 Å². The monoisotopic (exact) mass is 362 g/mol. The number of carbonyl (C=O) groups excluding carboxylic acids is 1. The van der Waals surface area contributed by atoms with Crippen molar-refractivity contribution < 1.29 is 18.7 Å². The summed E-state index contributed by atoms with van der Waals surface area (Å²) in [5.41, 5.74) is 2.75. The Morgan fingerprint density at radius 1 is 1.31 bits per heavy atom. The summed E-state index contributed by atoms with van der Waals surface area (Å²) in [5, 5.41) is 3.12. The van der Waals surface area contributed by atoms with E-state index in [0.29, 0.717) is 18.9 Å². The number of hydrogen-bond donors (Lipinski definition) is 1. The summed E-state index contributed by atoms with van der Waals surface area (Å²) in [6.45, 7) is 4.26. The van der Waals surface area contributed by atoms with Gasteiger partial charge in [-0.1, -0.05) is 6.07 Å². The van der Waals surface area contributed by atoms with Crippen molar-refractivity contribution in [3.8, 4) is 0 Å². The maximum absolute atomic E-state index is 14.4. The van der Waals surface area contributed by atoms with Crippen molar-refractivity contribution >= 4 is 11.6 Å². The van der Waals surface area contributed by atoms with E-state index in [1.807, 2.05) is 17.9 Å². The lowest BCUT2D eigenvalue weighted by molar-refractivity contribution is -0.180. The van der Waals surface area contributed by atoms with E-state index in [2.05, 4.69) is 5.32 Å². The van der Waals surface area contributed by atoms with E-state index < -0.39 is 5.79 Å². The number of nitrogens with one attached hydrogen (secondary N) is 1. The van der Waals surface area contributed by atoms with Crippen molar-refractivity contribution in [3.63, 3.8) is 0 Å². The van der Waals surface area contributed by atoms with Gasteiger partial charge in [-0.05, 0) is 49.8 Å². The van der Waals surface area contributed by atoms with Gasteiger partial charge in [-0.3, -0.25) is 4.79 Å². The van der Waals surface area contributed by atoms with E-state index in [-0.39, 0.29) is 24.3 Å². The van der Waals surface area contributed by atoms with Crippen LogP contribution in [0.25, 0.3) is 0 Å². The lowest BCUT2D eigenvalue weighted by atomic mass is 9.90. The molecule has 2 fully saturated rings. The number of anilines is 1. The van der Waals surface area contributed by atoms with Crippen LogP contribution >= 0.6 is 0 Å². The Morgan fingerprint density at radius 3 is 2.77 bits per heavy atom. The second-order valence-electron chi connectivity index (χ2n) is 7.67. The van der Waals surface area contributed by atoms with Crippen molar-refractivity contribution in [3.05, 3.63) is 29.1 Å². The Kier molecular flexibility index (Phi) is 4.88. The molecule has 1 N–H and O–H groups in total. The third kappa shape index (κ3) is 3.45. The number of rotatable bonds is 3. The summed E-state index contributed by atoms with van der Waals surface area (Å²) in [4.78, 5) is 14.5. The van der Waals surface area contributed by atoms with Gasteiger partial charge in [0.2, 0.25) is 5.91 Å². The molecule has 5 nitrogen and oxygen atoms in total. The molecule has 2 aliphatic heterocycles. The third-order valence-electron chi connectivity index (χ3n) is 5.90. The Labute approximate surface area is 153 Å². The van der Waals surface area contributed by atoms with E-state index >= 15 is 0 Å². The first kappa shape index (κ1) is 17.7. The Morgan fingerprint density at radius 2 is 2.04 bits per heavy atom. The summed E-state index contributed by atoms with van der Waals surface area (Å²) >= 11 is 0. The molecule has 3 aliphatic rings. The van der Waals surface area contributed by atoms with Crippen molar-refractivity contribution in [2.75, 3.05) is 31.2 Å². The third-order valence-corrected chi connectivity index (χ3v) is 5.90. The van der Waals surface area contributed by atoms with Gasteiger partial charge in [0.25, 0.3) is 0 Å². The molecule has 0 bridgehead atoms. The van der Waals surface area contributed by atoms with Gasteiger partial charge in [0.15, 0.2) is 5.79 Å². The fraction of sp³-hybridized carbons (Fsp3) is 0.650. The number of aryl methyl sites for hydroxylation is 1. The normalized spacial score (nSPS) is 22.5. The standard InChI is InChI=1S/C20H27FN2O3/c1-14-4-5-17(21)19-16(14)3-2-10-23(19)13-18(24)22-15-6-8-20(9-7-15)25-11-12-26-20/h4-5,15H,2-3,6-13H2,1H3,(H,22,24). The number of benzene rings is 1. The van der Waals surface area contributed by atoms with E-state index in [1.54, 1.807) is 0 Å². The van der Waals surface area contributed by atoms with Crippen molar-refractivity contribution in [2.45, 2.75) is 57.3 Å². The zero-order chi connectivity index (χ0) is 18.1. The van der Waals surface area contributed by atoms with Gasteiger partial charge < -0.3 is 19.7 Å². The minimum Gasteiger partial charge on any atom is -0.360 e. The first-order valence-electron chi connectivity index (χ1n) is 9.66. The van der Waals surface area contributed by atoms with Gasteiger partial charge in [0, 0.05) is 25.4 Å². The number of hydrogen-bond acceptors (Lipinski definition) is 4. The molecule has 142 valence electrons. The van der Waals surface area contributed by atoms with E-state index in [1.165, 1.54) is 6.07 Å².